The molecule has 0 saturated carbocycles. The number of carboxylic acid groups (broad SMARTS) is 2. The van der Waals surface area contributed by atoms with E-state index in [1.807, 2.05) is 6.07 Å². The van der Waals surface area contributed by atoms with Gasteiger partial charge in [0.15, 0.2) is 0 Å². The van der Waals surface area contributed by atoms with Crippen molar-refractivity contribution in [1.29, 1.82) is 0 Å². The average molecular weight is 499 g/mol. The van der Waals surface area contributed by atoms with Gasteiger partial charge in [-0.1, -0.05) is 51.1 Å². The van der Waals surface area contributed by atoms with Gasteiger partial charge in [-0.3, -0.25) is 9.59 Å². The highest BCUT2D eigenvalue weighted by Gasteiger charge is 2.43. The Morgan fingerprint density at radius 1 is 0.971 bits per heavy atom. The van der Waals surface area contributed by atoms with Gasteiger partial charge in [0.1, 0.15) is 18.2 Å². The Balaban J connectivity index is 0.000000814. The van der Waals surface area contributed by atoms with Crippen LogP contribution in [0.4, 0.5) is 4.79 Å². The van der Waals surface area contributed by atoms with Crippen LogP contribution in [0.2, 0.25) is 0 Å². The summed E-state index contributed by atoms with van der Waals surface area (Å²) in [5, 5.41) is 29.2. The smallest absolute Gasteiger partial charge is 0.408 e. The Kier molecular flexibility index (Phi) is 13.0. The highest BCUT2D eigenvalue weighted by atomic mass is 16.6. The van der Waals surface area contributed by atoms with Gasteiger partial charge in [-0.25, -0.2) is 9.59 Å². The van der Waals surface area contributed by atoms with E-state index in [0.29, 0.717) is 0 Å². The number of aliphatic hydroxyl groups is 1. The number of hydrogen-bond donors (Lipinski definition) is 5. The number of nitrogens with one attached hydrogen (secondary N) is 1. The lowest BCUT2D eigenvalue weighted by Crippen LogP contribution is -2.52. The summed E-state index contributed by atoms with van der Waals surface area (Å²) in [5.41, 5.74) is 4.74. The molecule has 0 aliphatic heterocycles. The summed E-state index contributed by atoms with van der Waals surface area (Å²) in [6.45, 7) is 9.92. The Morgan fingerprint density at radius 2 is 1.51 bits per heavy atom. The topological polar surface area (TPSA) is 185 Å². The van der Waals surface area contributed by atoms with Crippen LogP contribution in [-0.2, 0) is 30.5 Å². The van der Waals surface area contributed by atoms with E-state index in [1.165, 1.54) is 0 Å². The van der Waals surface area contributed by atoms with Crippen LogP contribution in [0, 0.1) is 11.3 Å². The number of hydrogen-bond acceptors (Lipinski definition) is 8. The molecule has 0 aliphatic rings. The first-order chi connectivity index (χ1) is 16.0. The number of alkyl carbamates (subject to hydrolysis) is 1. The first-order valence-electron chi connectivity index (χ1n) is 11.0. The number of carboxylic acids is 2. The van der Waals surface area contributed by atoms with Gasteiger partial charge < -0.3 is 35.8 Å². The van der Waals surface area contributed by atoms with Crippen LogP contribution in [0.15, 0.2) is 30.3 Å². The summed E-state index contributed by atoms with van der Waals surface area (Å²) in [7, 11) is 0. The van der Waals surface area contributed by atoms with Crippen LogP contribution in [0.1, 0.15) is 53.5 Å². The van der Waals surface area contributed by atoms with Gasteiger partial charge >= 0.3 is 24.0 Å². The number of benzene rings is 1. The summed E-state index contributed by atoms with van der Waals surface area (Å²) in [4.78, 5) is 45.6. The van der Waals surface area contributed by atoms with Gasteiger partial charge in [0.2, 0.25) is 0 Å². The molecule has 1 aromatic rings. The van der Waals surface area contributed by atoms with Crippen molar-refractivity contribution in [3.05, 3.63) is 35.9 Å². The zero-order valence-electron chi connectivity index (χ0n) is 21.1. The maximum Gasteiger partial charge on any atom is 0.408 e. The fourth-order valence-electron chi connectivity index (χ4n) is 2.85. The Bertz CT molecular complexity index is 830. The van der Waals surface area contributed by atoms with Crippen LogP contribution in [-0.4, -0.2) is 63.6 Å². The van der Waals surface area contributed by atoms with E-state index in [0.717, 1.165) is 5.56 Å². The molecule has 1 unspecified atom stereocenters. The number of aliphatic hydroxyl groups excluding tert-OH is 1. The Hall–Kier alpha value is -3.18. The van der Waals surface area contributed by atoms with E-state index >= 15 is 0 Å². The maximum atomic E-state index is 11.8. The number of carbonyl (C=O) groups excluding carboxylic acids is 2. The molecule has 11 heteroatoms. The summed E-state index contributed by atoms with van der Waals surface area (Å²) in [6.07, 6.45) is -0.912. The maximum absolute atomic E-state index is 11.8. The highest BCUT2D eigenvalue weighted by Crippen LogP contribution is 2.29. The van der Waals surface area contributed by atoms with E-state index in [1.54, 1.807) is 65.8 Å². The SMILES string of the molecule is CC(C)(C)C(C(=O)O)[C@H](NC(=O)OCc1ccccc1)C(=O)O.CC(C)(C)OC(=O)C[C@H](N)CO. The third kappa shape index (κ3) is 14.0. The summed E-state index contributed by atoms with van der Waals surface area (Å²) in [5.74, 6) is -4.40. The zero-order valence-corrected chi connectivity index (χ0v) is 21.1. The number of aliphatic carboxylic acids is 2. The van der Waals surface area contributed by atoms with E-state index in [9.17, 15) is 29.4 Å². The molecule has 0 fully saturated rings. The quantitative estimate of drug-likeness (QED) is 0.316. The second-order valence-corrected chi connectivity index (χ2v) is 9.94. The minimum absolute atomic E-state index is 0.0354. The highest BCUT2D eigenvalue weighted by molar-refractivity contribution is 5.86. The van der Waals surface area contributed by atoms with Crippen LogP contribution in [0.25, 0.3) is 0 Å². The molecule has 0 aromatic heterocycles. The van der Waals surface area contributed by atoms with Gasteiger partial charge in [-0.15, -0.1) is 0 Å². The van der Waals surface area contributed by atoms with Crippen molar-refractivity contribution in [3.63, 3.8) is 0 Å². The second kappa shape index (κ2) is 14.3. The molecule has 35 heavy (non-hydrogen) atoms. The number of rotatable bonds is 9. The zero-order chi connectivity index (χ0) is 27.4. The first kappa shape index (κ1) is 31.8. The molecule has 1 rings (SSSR count). The van der Waals surface area contributed by atoms with E-state index in [-0.39, 0.29) is 25.6 Å². The number of nitrogens with two attached hydrogens (primary N) is 1. The van der Waals surface area contributed by atoms with Gasteiger partial charge in [0.05, 0.1) is 18.9 Å². The molecule has 198 valence electrons. The molecular formula is C24H38N2O9. The average Bonchev–Trinajstić information content (AvgIpc) is 2.70. The largest absolute Gasteiger partial charge is 0.481 e. The second-order valence-electron chi connectivity index (χ2n) is 9.94. The van der Waals surface area contributed by atoms with Gasteiger partial charge in [-0.2, -0.15) is 0 Å². The van der Waals surface area contributed by atoms with Crippen molar-refractivity contribution in [1.82, 2.24) is 5.32 Å². The molecule has 0 spiro atoms. The van der Waals surface area contributed by atoms with Crippen molar-refractivity contribution in [2.75, 3.05) is 6.61 Å². The minimum atomic E-state index is -1.59. The summed E-state index contributed by atoms with van der Waals surface area (Å²) >= 11 is 0. The fourth-order valence-corrected chi connectivity index (χ4v) is 2.85. The van der Waals surface area contributed by atoms with Crippen LogP contribution < -0.4 is 11.1 Å². The lowest BCUT2D eigenvalue weighted by atomic mass is 9.76. The normalized spacial score (nSPS) is 13.8. The molecular weight excluding hydrogens is 460 g/mol. The molecule has 6 N–H and O–H groups in total. The Labute approximate surface area is 205 Å². The Morgan fingerprint density at radius 3 is 1.91 bits per heavy atom. The molecule has 0 saturated heterocycles. The summed E-state index contributed by atoms with van der Waals surface area (Å²) < 4.78 is 9.93. The lowest BCUT2D eigenvalue weighted by molar-refractivity contribution is -0.155. The molecule has 1 amide bonds. The van der Waals surface area contributed by atoms with Crippen molar-refractivity contribution in [2.45, 2.75) is 72.3 Å². The predicted octanol–water partition coefficient (Wildman–Crippen LogP) is 2.15. The third-order valence-corrected chi connectivity index (χ3v) is 4.37. The number of carbonyl (C=O) groups is 4. The molecule has 0 radical (unpaired) electrons. The number of amides is 1. The van der Waals surface area contributed by atoms with Crippen molar-refractivity contribution < 1.29 is 44.0 Å². The number of esters is 1. The first-order valence-corrected chi connectivity index (χ1v) is 11.0. The number of ether oxygens (including phenoxy) is 2. The standard InChI is InChI=1S/C16H21NO6.C8H17NO3/c1-16(2,3)11(13(18)19)12(14(20)21)17-15(22)23-9-10-7-5-4-6-8-10;1-8(2,3)12-7(11)4-6(9)5-10/h4-8,11-12H,9H2,1-3H3,(H,17,22)(H,18,19)(H,20,21);6,10H,4-5,9H2,1-3H3/t11?,12-;6-/m00/s1. The van der Waals surface area contributed by atoms with E-state index < -0.39 is 47.0 Å². The molecule has 0 heterocycles. The fraction of sp³-hybridized carbons (Fsp3) is 0.583. The van der Waals surface area contributed by atoms with Crippen LogP contribution >= 0.6 is 0 Å². The van der Waals surface area contributed by atoms with Crippen LogP contribution in [0.5, 0.6) is 0 Å². The monoisotopic (exact) mass is 498 g/mol. The lowest BCUT2D eigenvalue weighted by Gasteiger charge is -2.31. The molecule has 0 bridgehead atoms. The molecule has 0 aliphatic carbocycles. The van der Waals surface area contributed by atoms with Crippen molar-refractivity contribution >= 4 is 24.0 Å². The van der Waals surface area contributed by atoms with Gasteiger partial charge in [0.25, 0.3) is 0 Å². The minimum Gasteiger partial charge on any atom is -0.481 e. The van der Waals surface area contributed by atoms with Crippen LogP contribution in [0.3, 0.4) is 0 Å². The predicted molar refractivity (Wildman–Crippen MR) is 127 cm³/mol. The van der Waals surface area contributed by atoms with Crippen molar-refractivity contribution in [3.8, 4) is 0 Å². The van der Waals surface area contributed by atoms with Crippen molar-refractivity contribution in [2.24, 2.45) is 17.1 Å². The third-order valence-electron chi connectivity index (χ3n) is 4.37. The molecule has 11 nitrogen and oxygen atoms in total. The van der Waals surface area contributed by atoms with E-state index in [2.05, 4.69) is 5.32 Å². The molecule has 1 aromatic carbocycles. The summed E-state index contributed by atoms with van der Waals surface area (Å²) in [6, 6.07) is 6.75. The van der Waals surface area contributed by atoms with Gasteiger partial charge in [-0.05, 0) is 31.7 Å². The van der Waals surface area contributed by atoms with Gasteiger partial charge in [0, 0.05) is 6.04 Å². The molecule has 3 atom stereocenters. The van der Waals surface area contributed by atoms with E-state index in [4.69, 9.17) is 20.3 Å².